The first kappa shape index (κ1) is 15.8. The van der Waals surface area contributed by atoms with Crippen molar-refractivity contribution in [2.24, 2.45) is 0 Å². The highest BCUT2D eigenvalue weighted by molar-refractivity contribution is 8.00. The maximum absolute atomic E-state index is 12.9. The van der Waals surface area contributed by atoms with E-state index in [0.717, 1.165) is 11.0 Å². The number of anilines is 1. The lowest BCUT2D eigenvalue weighted by atomic mass is 10.3. The molecule has 0 aliphatic rings. The third kappa shape index (κ3) is 4.44. The summed E-state index contributed by atoms with van der Waals surface area (Å²) in [5, 5.41) is 2.37. The molecule has 0 fully saturated rings. The first-order valence-electron chi connectivity index (χ1n) is 6.14. The van der Waals surface area contributed by atoms with E-state index >= 15 is 0 Å². The van der Waals surface area contributed by atoms with E-state index < -0.39 is 11.1 Å². The molecule has 1 atom stereocenters. The predicted octanol–water partition coefficient (Wildman–Crippen LogP) is 4.74. The van der Waals surface area contributed by atoms with Gasteiger partial charge in [0.15, 0.2) is 0 Å². The topological polar surface area (TPSA) is 29.1 Å². The van der Waals surface area contributed by atoms with Gasteiger partial charge in [0, 0.05) is 4.90 Å². The maximum Gasteiger partial charge on any atom is 0.237 e. The third-order valence-corrected chi connectivity index (χ3v) is 4.11. The molecule has 0 spiro atoms. The zero-order valence-electron chi connectivity index (χ0n) is 11.1. The third-order valence-electron chi connectivity index (χ3n) is 2.68. The Labute approximate surface area is 130 Å². The molecule has 0 aliphatic heterocycles. The SMILES string of the molecule is CC(Sc1ccc(F)cc1)C(=O)Nc1ccc(F)cc1Cl. The Balaban J connectivity index is 2.00. The summed E-state index contributed by atoms with van der Waals surface area (Å²) in [7, 11) is 0. The van der Waals surface area contributed by atoms with Gasteiger partial charge in [-0.05, 0) is 49.4 Å². The van der Waals surface area contributed by atoms with Gasteiger partial charge in [-0.1, -0.05) is 11.6 Å². The molecule has 0 saturated carbocycles. The second-order valence-electron chi connectivity index (χ2n) is 4.33. The molecule has 1 N–H and O–H groups in total. The minimum absolute atomic E-state index is 0.141. The van der Waals surface area contributed by atoms with Gasteiger partial charge in [-0.2, -0.15) is 0 Å². The van der Waals surface area contributed by atoms with E-state index in [4.69, 9.17) is 11.6 Å². The fourth-order valence-corrected chi connectivity index (χ4v) is 2.68. The van der Waals surface area contributed by atoms with Gasteiger partial charge in [0.1, 0.15) is 11.6 Å². The van der Waals surface area contributed by atoms with Crippen LogP contribution in [0.2, 0.25) is 5.02 Å². The fraction of sp³-hybridized carbons (Fsp3) is 0.133. The molecular formula is C15H12ClF2NOS. The highest BCUT2D eigenvalue weighted by Crippen LogP contribution is 2.26. The molecule has 2 rings (SSSR count). The average Bonchev–Trinajstić information content (AvgIpc) is 2.44. The van der Waals surface area contributed by atoms with Crippen LogP contribution in [0.5, 0.6) is 0 Å². The molecule has 0 heterocycles. The van der Waals surface area contributed by atoms with Crippen LogP contribution < -0.4 is 5.32 Å². The lowest BCUT2D eigenvalue weighted by molar-refractivity contribution is -0.115. The van der Waals surface area contributed by atoms with E-state index in [9.17, 15) is 13.6 Å². The van der Waals surface area contributed by atoms with E-state index in [-0.39, 0.29) is 16.7 Å². The van der Waals surface area contributed by atoms with E-state index in [1.807, 2.05) is 0 Å². The van der Waals surface area contributed by atoms with Crippen molar-refractivity contribution in [1.82, 2.24) is 0 Å². The molecule has 0 aromatic heterocycles. The zero-order valence-corrected chi connectivity index (χ0v) is 12.6. The summed E-state index contributed by atoms with van der Waals surface area (Å²) in [6, 6.07) is 9.65. The van der Waals surface area contributed by atoms with Crippen molar-refractivity contribution in [3.63, 3.8) is 0 Å². The summed E-state index contributed by atoms with van der Waals surface area (Å²) in [5.41, 5.74) is 0.356. The Morgan fingerprint density at radius 1 is 1.14 bits per heavy atom. The van der Waals surface area contributed by atoms with Gasteiger partial charge in [0.05, 0.1) is 16.0 Å². The van der Waals surface area contributed by atoms with Gasteiger partial charge in [0.25, 0.3) is 0 Å². The van der Waals surface area contributed by atoms with Crippen LogP contribution in [0.25, 0.3) is 0 Å². The number of carbonyl (C=O) groups excluding carboxylic acids is 1. The van der Waals surface area contributed by atoms with Crippen LogP contribution in [0.3, 0.4) is 0 Å². The highest BCUT2D eigenvalue weighted by Gasteiger charge is 2.16. The standard InChI is InChI=1S/C15H12ClF2NOS/c1-9(21-12-5-2-10(17)3-6-12)15(20)19-14-7-4-11(18)8-13(14)16/h2-9H,1H3,(H,19,20). The second kappa shape index (κ2) is 6.91. The predicted molar refractivity (Wildman–Crippen MR) is 81.8 cm³/mol. The smallest absolute Gasteiger partial charge is 0.237 e. The first-order chi connectivity index (χ1) is 9.95. The van der Waals surface area contributed by atoms with Gasteiger partial charge < -0.3 is 5.32 Å². The molecule has 110 valence electrons. The Morgan fingerprint density at radius 2 is 1.76 bits per heavy atom. The van der Waals surface area contributed by atoms with Crippen molar-refractivity contribution in [3.8, 4) is 0 Å². The normalized spacial score (nSPS) is 12.0. The second-order valence-corrected chi connectivity index (χ2v) is 6.15. The fourth-order valence-electron chi connectivity index (χ4n) is 1.60. The molecule has 21 heavy (non-hydrogen) atoms. The minimum atomic E-state index is -0.466. The van der Waals surface area contributed by atoms with Crippen LogP contribution in [-0.4, -0.2) is 11.2 Å². The Hall–Kier alpha value is -1.59. The summed E-state index contributed by atoms with van der Waals surface area (Å²) < 4.78 is 25.7. The van der Waals surface area contributed by atoms with Crippen LogP contribution >= 0.6 is 23.4 Å². The largest absolute Gasteiger partial charge is 0.324 e. The Morgan fingerprint density at radius 3 is 2.38 bits per heavy atom. The summed E-state index contributed by atoms with van der Waals surface area (Å²) in [6.07, 6.45) is 0. The van der Waals surface area contributed by atoms with Crippen molar-refractivity contribution >= 4 is 35.0 Å². The van der Waals surface area contributed by atoms with Crippen LogP contribution in [0.15, 0.2) is 47.4 Å². The molecule has 2 aromatic carbocycles. The van der Waals surface area contributed by atoms with Gasteiger partial charge >= 0.3 is 0 Å². The van der Waals surface area contributed by atoms with Crippen molar-refractivity contribution in [1.29, 1.82) is 0 Å². The number of thioether (sulfide) groups is 1. The number of rotatable bonds is 4. The van der Waals surface area contributed by atoms with Crippen LogP contribution in [0, 0.1) is 11.6 Å². The number of hydrogen-bond donors (Lipinski definition) is 1. The van der Waals surface area contributed by atoms with Gasteiger partial charge in [0.2, 0.25) is 5.91 Å². The van der Waals surface area contributed by atoms with E-state index in [0.29, 0.717) is 5.69 Å². The Kier molecular flexibility index (Phi) is 5.20. The molecule has 2 aromatic rings. The maximum atomic E-state index is 12.9. The number of benzene rings is 2. The Bertz CT molecular complexity index is 649. The van der Waals surface area contributed by atoms with E-state index in [1.54, 1.807) is 19.1 Å². The number of amides is 1. The molecule has 0 aliphatic carbocycles. The monoisotopic (exact) mass is 327 g/mol. The van der Waals surface area contributed by atoms with E-state index in [1.165, 1.54) is 36.0 Å². The van der Waals surface area contributed by atoms with Gasteiger partial charge in [-0.25, -0.2) is 8.78 Å². The van der Waals surface area contributed by atoms with Crippen molar-refractivity contribution in [2.45, 2.75) is 17.1 Å². The highest BCUT2D eigenvalue weighted by atomic mass is 35.5. The molecule has 0 bridgehead atoms. The molecule has 0 saturated heterocycles. The molecule has 0 radical (unpaired) electrons. The molecule has 1 amide bonds. The van der Waals surface area contributed by atoms with Crippen LogP contribution in [-0.2, 0) is 4.79 Å². The summed E-state index contributed by atoms with van der Waals surface area (Å²) in [5.74, 6) is -1.06. The average molecular weight is 328 g/mol. The number of halogens is 3. The number of carbonyl (C=O) groups is 1. The van der Waals surface area contributed by atoms with Gasteiger partial charge in [-0.3, -0.25) is 4.79 Å². The zero-order chi connectivity index (χ0) is 15.4. The molecule has 6 heteroatoms. The van der Waals surface area contributed by atoms with Gasteiger partial charge in [-0.15, -0.1) is 11.8 Å². The van der Waals surface area contributed by atoms with Crippen molar-refractivity contribution < 1.29 is 13.6 Å². The lowest BCUT2D eigenvalue weighted by Gasteiger charge is -2.13. The molecule has 2 nitrogen and oxygen atoms in total. The summed E-state index contributed by atoms with van der Waals surface area (Å²) >= 11 is 7.15. The van der Waals surface area contributed by atoms with Crippen LogP contribution in [0.1, 0.15) is 6.92 Å². The van der Waals surface area contributed by atoms with Crippen molar-refractivity contribution in [3.05, 3.63) is 59.1 Å². The van der Waals surface area contributed by atoms with E-state index in [2.05, 4.69) is 5.32 Å². The summed E-state index contributed by atoms with van der Waals surface area (Å²) in [4.78, 5) is 12.8. The molecule has 1 unspecified atom stereocenters. The number of hydrogen-bond acceptors (Lipinski definition) is 2. The quantitative estimate of drug-likeness (QED) is 0.822. The van der Waals surface area contributed by atoms with Crippen molar-refractivity contribution in [2.75, 3.05) is 5.32 Å². The minimum Gasteiger partial charge on any atom is -0.324 e. The first-order valence-corrected chi connectivity index (χ1v) is 7.39. The number of nitrogens with one attached hydrogen (secondary N) is 1. The molecular weight excluding hydrogens is 316 g/mol. The van der Waals surface area contributed by atoms with Crippen LogP contribution in [0.4, 0.5) is 14.5 Å². The summed E-state index contributed by atoms with van der Waals surface area (Å²) in [6.45, 7) is 1.72. The lowest BCUT2D eigenvalue weighted by Crippen LogP contribution is -2.22.